The van der Waals surface area contributed by atoms with Gasteiger partial charge < -0.3 is 10.6 Å². The van der Waals surface area contributed by atoms with E-state index in [-0.39, 0.29) is 5.82 Å². The van der Waals surface area contributed by atoms with E-state index in [9.17, 15) is 4.39 Å². The highest BCUT2D eigenvalue weighted by Gasteiger charge is 2.00. The maximum Gasteiger partial charge on any atom is 0.134 e. The van der Waals surface area contributed by atoms with Gasteiger partial charge in [-0.1, -0.05) is 0 Å². The lowest BCUT2D eigenvalue weighted by atomic mass is 10.3. The van der Waals surface area contributed by atoms with Gasteiger partial charge >= 0.3 is 0 Å². The quantitative estimate of drug-likeness (QED) is 0.848. The molecule has 0 bridgehead atoms. The van der Waals surface area contributed by atoms with E-state index in [0.717, 1.165) is 24.5 Å². The van der Waals surface area contributed by atoms with Crippen LogP contribution >= 0.6 is 0 Å². The third-order valence-electron chi connectivity index (χ3n) is 2.42. The fourth-order valence-electron chi connectivity index (χ4n) is 1.51. The fourth-order valence-corrected chi connectivity index (χ4v) is 1.51. The Morgan fingerprint density at radius 1 is 1.17 bits per heavy atom. The second kappa shape index (κ2) is 6.07. The lowest BCUT2D eigenvalue weighted by molar-refractivity contribution is 0.628. The second-order valence-corrected chi connectivity index (χ2v) is 3.84. The van der Waals surface area contributed by atoms with Gasteiger partial charge in [0.05, 0.1) is 0 Å². The molecule has 0 atom stereocenters. The van der Waals surface area contributed by atoms with E-state index in [4.69, 9.17) is 0 Å². The van der Waals surface area contributed by atoms with Gasteiger partial charge in [-0.15, -0.1) is 0 Å². The number of likely N-dealkylation sites (N-methyl/N-ethyl adjacent to an activating group) is 1. The van der Waals surface area contributed by atoms with Crippen LogP contribution in [0, 0.1) is 5.82 Å². The minimum atomic E-state index is -0.252. The lowest BCUT2D eigenvalue weighted by Gasteiger charge is -2.06. The normalized spacial score (nSPS) is 10.3. The molecule has 1 aromatic carbocycles. The SMILES string of the molecule is CNCCc1nccc(Nc2ccc(F)cc2)n1. The first kappa shape index (κ1) is 12.4. The third-order valence-corrected chi connectivity index (χ3v) is 2.42. The molecule has 4 nitrogen and oxygen atoms in total. The van der Waals surface area contributed by atoms with Crippen LogP contribution in [0.3, 0.4) is 0 Å². The zero-order chi connectivity index (χ0) is 12.8. The number of aromatic nitrogens is 2. The van der Waals surface area contributed by atoms with E-state index in [2.05, 4.69) is 20.6 Å². The van der Waals surface area contributed by atoms with Gasteiger partial charge in [-0.05, 0) is 37.4 Å². The van der Waals surface area contributed by atoms with Crippen molar-refractivity contribution < 1.29 is 4.39 Å². The largest absolute Gasteiger partial charge is 0.340 e. The highest BCUT2D eigenvalue weighted by atomic mass is 19.1. The van der Waals surface area contributed by atoms with Gasteiger partial charge in [0.2, 0.25) is 0 Å². The summed E-state index contributed by atoms with van der Waals surface area (Å²) in [5.41, 5.74) is 0.801. The molecule has 1 heterocycles. The molecule has 0 spiro atoms. The van der Waals surface area contributed by atoms with Gasteiger partial charge in [-0.3, -0.25) is 0 Å². The number of hydrogen-bond acceptors (Lipinski definition) is 4. The minimum Gasteiger partial charge on any atom is -0.340 e. The van der Waals surface area contributed by atoms with Crippen molar-refractivity contribution in [2.45, 2.75) is 6.42 Å². The van der Waals surface area contributed by atoms with Crippen molar-refractivity contribution in [2.75, 3.05) is 18.9 Å². The lowest BCUT2D eigenvalue weighted by Crippen LogP contribution is -2.12. The van der Waals surface area contributed by atoms with Crippen molar-refractivity contribution >= 4 is 11.5 Å². The maximum atomic E-state index is 12.8. The van der Waals surface area contributed by atoms with Crippen LogP contribution in [0.15, 0.2) is 36.5 Å². The van der Waals surface area contributed by atoms with Gasteiger partial charge in [0, 0.05) is 24.8 Å². The van der Waals surface area contributed by atoms with E-state index >= 15 is 0 Å². The zero-order valence-corrected chi connectivity index (χ0v) is 10.2. The molecule has 18 heavy (non-hydrogen) atoms. The fraction of sp³-hybridized carbons (Fsp3) is 0.231. The number of anilines is 2. The molecule has 0 unspecified atom stereocenters. The average molecular weight is 246 g/mol. The highest BCUT2D eigenvalue weighted by Crippen LogP contribution is 2.14. The molecule has 2 aromatic rings. The van der Waals surface area contributed by atoms with E-state index in [1.807, 2.05) is 7.05 Å². The Hall–Kier alpha value is -2.01. The zero-order valence-electron chi connectivity index (χ0n) is 10.2. The number of rotatable bonds is 5. The Morgan fingerprint density at radius 3 is 2.67 bits per heavy atom. The molecule has 0 aliphatic rings. The molecule has 0 amide bonds. The Labute approximate surface area is 105 Å². The summed E-state index contributed by atoms with van der Waals surface area (Å²) in [4.78, 5) is 8.55. The molecule has 2 N–H and O–H groups in total. The van der Waals surface area contributed by atoms with Crippen LogP contribution in [0.4, 0.5) is 15.9 Å². The third kappa shape index (κ3) is 3.49. The molecular formula is C13H15FN4. The first-order valence-corrected chi connectivity index (χ1v) is 5.77. The van der Waals surface area contributed by atoms with Crippen LogP contribution < -0.4 is 10.6 Å². The van der Waals surface area contributed by atoms with Gasteiger partial charge in [0.25, 0.3) is 0 Å². The summed E-state index contributed by atoms with van der Waals surface area (Å²) in [5, 5.41) is 6.16. The Morgan fingerprint density at radius 2 is 1.94 bits per heavy atom. The van der Waals surface area contributed by atoms with Crippen molar-refractivity contribution in [1.82, 2.24) is 15.3 Å². The average Bonchev–Trinajstić information content (AvgIpc) is 2.40. The van der Waals surface area contributed by atoms with Crippen molar-refractivity contribution in [3.8, 4) is 0 Å². The molecule has 0 radical (unpaired) electrons. The maximum absolute atomic E-state index is 12.8. The topological polar surface area (TPSA) is 49.8 Å². The van der Waals surface area contributed by atoms with E-state index in [1.54, 1.807) is 24.4 Å². The summed E-state index contributed by atoms with van der Waals surface area (Å²) in [6.07, 6.45) is 2.49. The predicted octanol–water partition coefficient (Wildman–Crippen LogP) is 2.12. The predicted molar refractivity (Wildman–Crippen MR) is 69.3 cm³/mol. The van der Waals surface area contributed by atoms with E-state index in [0.29, 0.717) is 5.82 Å². The summed E-state index contributed by atoms with van der Waals surface area (Å²) in [6, 6.07) is 7.94. The molecule has 5 heteroatoms. The summed E-state index contributed by atoms with van der Waals surface area (Å²) < 4.78 is 12.8. The Kier molecular flexibility index (Phi) is 4.20. The van der Waals surface area contributed by atoms with Crippen LogP contribution in [0.1, 0.15) is 5.82 Å². The number of hydrogen-bond donors (Lipinski definition) is 2. The van der Waals surface area contributed by atoms with Gasteiger partial charge in [-0.2, -0.15) is 0 Å². The summed E-state index contributed by atoms with van der Waals surface area (Å²) in [6.45, 7) is 0.833. The van der Waals surface area contributed by atoms with Crippen molar-refractivity contribution in [3.05, 3.63) is 48.2 Å². The molecule has 94 valence electrons. The van der Waals surface area contributed by atoms with Crippen LogP contribution in [-0.4, -0.2) is 23.6 Å². The monoisotopic (exact) mass is 246 g/mol. The molecular weight excluding hydrogens is 231 g/mol. The van der Waals surface area contributed by atoms with Crippen LogP contribution in [0.25, 0.3) is 0 Å². The first-order valence-electron chi connectivity index (χ1n) is 5.77. The Balaban J connectivity index is 2.06. The standard InChI is InChI=1S/C13H15FN4/c1-15-8-6-12-16-9-7-13(18-12)17-11-4-2-10(14)3-5-11/h2-5,7,9,15H,6,8H2,1H3,(H,16,17,18). The second-order valence-electron chi connectivity index (χ2n) is 3.84. The minimum absolute atomic E-state index is 0.252. The Bertz CT molecular complexity index is 499. The van der Waals surface area contributed by atoms with Crippen LogP contribution in [0.5, 0.6) is 0 Å². The van der Waals surface area contributed by atoms with Crippen molar-refractivity contribution in [1.29, 1.82) is 0 Å². The van der Waals surface area contributed by atoms with Gasteiger partial charge in [0.1, 0.15) is 17.5 Å². The highest BCUT2D eigenvalue weighted by molar-refractivity contribution is 5.55. The summed E-state index contributed by atoms with van der Waals surface area (Å²) >= 11 is 0. The van der Waals surface area contributed by atoms with E-state index in [1.165, 1.54) is 12.1 Å². The van der Waals surface area contributed by atoms with Crippen LogP contribution in [-0.2, 0) is 6.42 Å². The summed E-state index contributed by atoms with van der Waals surface area (Å²) in [5.74, 6) is 1.23. The molecule has 0 aliphatic heterocycles. The molecule has 1 aromatic heterocycles. The molecule has 0 fully saturated rings. The summed E-state index contributed by atoms with van der Waals surface area (Å²) in [7, 11) is 1.89. The molecule has 0 aliphatic carbocycles. The molecule has 0 saturated heterocycles. The smallest absolute Gasteiger partial charge is 0.134 e. The van der Waals surface area contributed by atoms with Crippen molar-refractivity contribution in [3.63, 3.8) is 0 Å². The van der Waals surface area contributed by atoms with Crippen LogP contribution in [0.2, 0.25) is 0 Å². The number of nitrogens with one attached hydrogen (secondary N) is 2. The number of halogens is 1. The van der Waals surface area contributed by atoms with E-state index < -0.39 is 0 Å². The van der Waals surface area contributed by atoms with Gasteiger partial charge in [-0.25, -0.2) is 14.4 Å². The molecule has 2 rings (SSSR count). The van der Waals surface area contributed by atoms with Gasteiger partial charge in [0.15, 0.2) is 0 Å². The first-order chi connectivity index (χ1) is 8.78. The number of benzene rings is 1. The molecule has 0 saturated carbocycles. The van der Waals surface area contributed by atoms with Crippen molar-refractivity contribution in [2.24, 2.45) is 0 Å². The number of nitrogens with zero attached hydrogens (tertiary/aromatic N) is 2.